The van der Waals surface area contributed by atoms with Gasteiger partial charge in [-0.05, 0) is 46.4 Å². The van der Waals surface area contributed by atoms with E-state index in [2.05, 4.69) is 30.8 Å². The first-order chi connectivity index (χ1) is 9.95. The predicted octanol–water partition coefficient (Wildman–Crippen LogP) is 0.988. The fourth-order valence-corrected chi connectivity index (χ4v) is 2.87. The molecule has 0 aromatic rings. The topological polar surface area (TPSA) is 52.8 Å². The van der Waals surface area contributed by atoms with Crippen LogP contribution >= 0.6 is 0 Å². The molecule has 1 saturated heterocycles. The van der Waals surface area contributed by atoms with Crippen LogP contribution in [0.1, 0.15) is 39.0 Å². The molecule has 1 amide bonds. The lowest BCUT2D eigenvalue weighted by Gasteiger charge is -2.36. The number of nitrogens with zero attached hydrogens (tertiary/aromatic N) is 3. The highest BCUT2D eigenvalue weighted by atomic mass is 16.2. The van der Waals surface area contributed by atoms with Crippen LogP contribution in [0.15, 0.2) is 0 Å². The van der Waals surface area contributed by atoms with Gasteiger partial charge in [-0.3, -0.25) is 4.79 Å². The van der Waals surface area contributed by atoms with E-state index in [9.17, 15) is 4.79 Å². The second kappa shape index (κ2) is 9.38. The second-order valence-electron chi connectivity index (χ2n) is 6.52. The Morgan fingerprint density at radius 2 is 1.90 bits per heavy atom. The van der Waals surface area contributed by atoms with Crippen molar-refractivity contribution in [1.82, 2.24) is 14.7 Å². The number of hydrogen-bond acceptors (Lipinski definition) is 4. The maximum Gasteiger partial charge on any atom is 0.239 e. The number of amides is 1. The van der Waals surface area contributed by atoms with Crippen molar-refractivity contribution in [3.8, 4) is 0 Å². The summed E-state index contributed by atoms with van der Waals surface area (Å²) in [7, 11) is 6.22. The molecule has 1 atom stereocenters. The summed E-state index contributed by atoms with van der Waals surface area (Å²) in [5.74, 6) is 0.0835. The number of nitrogens with two attached hydrogens (primary N) is 1. The van der Waals surface area contributed by atoms with E-state index in [1.807, 2.05) is 7.05 Å². The molecule has 124 valence electrons. The van der Waals surface area contributed by atoms with Crippen molar-refractivity contribution in [3.63, 3.8) is 0 Å². The van der Waals surface area contributed by atoms with Gasteiger partial charge in [0.05, 0.1) is 6.04 Å². The van der Waals surface area contributed by atoms with Gasteiger partial charge in [0.2, 0.25) is 5.91 Å². The molecule has 0 saturated carbocycles. The van der Waals surface area contributed by atoms with Gasteiger partial charge < -0.3 is 20.4 Å². The third-order valence-electron chi connectivity index (χ3n) is 4.66. The van der Waals surface area contributed by atoms with Gasteiger partial charge in [0, 0.05) is 26.2 Å². The summed E-state index contributed by atoms with van der Waals surface area (Å²) in [6, 6.07) is 0.321. The molecule has 0 radical (unpaired) electrons. The van der Waals surface area contributed by atoms with Crippen molar-refractivity contribution in [2.75, 3.05) is 47.3 Å². The minimum absolute atomic E-state index is 0.0835. The zero-order valence-electron chi connectivity index (χ0n) is 14.3. The monoisotopic (exact) mass is 298 g/mol. The summed E-state index contributed by atoms with van der Waals surface area (Å²) < 4.78 is 0. The maximum atomic E-state index is 12.2. The first-order valence-corrected chi connectivity index (χ1v) is 8.35. The Labute approximate surface area is 130 Å². The quantitative estimate of drug-likeness (QED) is 0.726. The van der Waals surface area contributed by atoms with Crippen LogP contribution in [0.4, 0.5) is 0 Å². The molecule has 21 heavy (non-hydrogen) atoms. The average Bonchev–Trinajstić information content (AvgIpc) is 2.49. The summed E-state index contributed by atoms with van der Waals surface area (Å²) in [6.45, 7) is 6.16. The number of carbonyl (C=O) groups is 1. The molecule has 1 unspecified atom stereocenters. The van der Waals surface area contributed by atoms with Crippen LogP contribution in [-0.4, -0.2) is 80.0 Å². The highest BCUT2D eigenvalue weighted by Gasteiger charge is 2.22. The van der Waals surface area contributed by atoms with E-state index in [0.29, 0.717) is 6.04 Å². The highest BCUT2D eigenvalue weighted by Crippen LogP contribution is 2.13. The molecule has 0 aromatic carbocycles. The fourth-order valence-electron chi connectivity index (χ4n) is 2.87. The number of likely N-dealkylation sites (tertiary alicyclic amines) is 1. The second-order valence-corrected chi connectivity index (χ2v) is 6.52. The molecular weight excluding hydrogens is 264 g/mol. The lowest BCUT2D eigenvalue weighted by molar-refractivity contribution is -0.131. The van der Waals surface area contributed by atoms with Gasteiger partial charge in [0.25, 0.3) is 0 Å². The van der Waals surface area contributed by atoms with E-state index < -0.39 is 0 Å². The van der Waals surface area contributed by atoms with Crippen LogP contribution in [0, 0.1) is 0 Å². The van der Waals surface area contributed by atoms with Crippen LogP contribution in [0.2, 0.25) is 0 Å². The normalized spacial score (nSPS) is 19.0. The van der Waals surface area contributed by atoms with Crippen molar-refractivity contribution in [1.29, 1.82) is 0 Å². The molecule has 1 rings (SSSR count). The number of unbranched alkanes of at least 4 members (excludes halogenated alkanes) is 1. The molecule has 0 aliphatic carbocycles. The van der Waals surface area contributed by atoms with Crippen LogP contribution in [0.5, 0.6) is 0 Å². The molecule has 2 N–H and O–H groups in total. The molecule has 0 bridgehead atoms. The predicted molar refractivity (Wildman–Crippen MR) is 88.3 cm³/mol. The molecule has 1 aliphatic heterocycles. The Hall–Kier alpha value is -0.650. The minimum atomic E-state index is -0.330. The van der Waals surface area contributed by atoms with Crippen LogP contribution < -0.4 is 5.73 Å². The number of likely N-dealkylation sites (N-methyl/N-ethyl adjacent to an activating group) is 2. The van der Waals surface area contributed by atoms with E-state index in [0.717, 1.165) is 32.4 Å². The van der Waals surface area contributed by atoms with Gasteiger partial charge in [-0.1, -0.05) is 19.8 Å². The molecule has 5 heteroatoms. The number of piperidine rings is 1. The Kier molecular flexibility index (Phi) is 8.22. The van der Waals surface area contributed by atoms with Gasteiger partial charge in [0.15, 0.2) is 0 Å². The standard InChI is InChI=1S/C16H34N4O/c1-5-6-7-15(17)16(21)20(4)13-12-19(3)14-8-10-18(2)11-9-14/h14-15H,5-13,17H2,1-4H3. The summed E-state index contributed by atoms with van der Waals surface area (Å²) >= 11 is 0. The first-order valence-electron chi connectivity index (χ1n) is 8.35. The van der Waals surface area contributed by atoms with Crippen LogP contribution in [0.25, 0.3) is 0 Å². The van der Waals surface area contributed by atoms with Crippen molar-refractivity contribution in [3.05, 3.63) is 0 Å². The Balaban J connectivity index is 2.28. The Morgan fingerprint density at radius 1 is 1.29 bits per heavy atom. The third kappa shape index (κ3) is 6.32. The molecule has 1 heterocycles. The number of hydrogen-bond donors (Lipinski definition) is 1. The molecule has 0 aromatic heterocycles. The Morgan fingerprint density at radius 3 is 2.48 bits per heavy atom. The Bertz CT molecular complexity index is 303. The van der Waals surface area contributed by atoms with Gasteiger partial charge in [0.1, 0.15) is 0 Å². The molecule has 1 aliphatic rings. The number of rotatable bonds is 8. The van der Waals surface area contributed by atoms with Gasteiger partial charge >= 0.3 is 0 Å². The lowest BCUT2D eigenvalue weighted by atomic mass is 10.0. The molecule has 5 nitrogen and oxygen atoms in total. The van der Waals surface area contributed by atoms with E-state index in [-0.39, 0.29) is 11.9 Å². The van der Waals surface area contributed by atoms with E-state index in [4.69, 9.17) is 5.73 Å². The van der Waals surface area contributed by atoms with Crippen LogP contribution in [-0.2, 0) is 4.79 Å². The van der Waals surface area contributed by atoms with Crippen molar-refractivity contribution >= 4 is 5.91 Å². The van der Waals surface area contributed by atoms with E-state index in [1.54, 1.807) is 4.90 Å². The summed E-state index contributed by atoms with van der Waals surface area (Å²) in [5.41, 5.74) is 5.96. The SMILES string of the molecule is CCCCC(N)C(=O)N(C)CCN(C)C1CCN(C)CC1. The van der Waals surface area contributed by atoms with E-state index >= 15 is 0 Å². The highest BCUT2D eigenvalue weighted by molar-refractivity contribution is 5.81. The zero-order chi connectivity index (χ0) is 15.8. The van der Waals surface area contributed by atoms with Gasteiger partial charge in [-0.25, -0.2) is 0 Å². The number of carbonyl (C=O) groups excluding carboxylic acids is 1. The fraction of sp³-hybridized carbons (Fsp3) is 0.938. The molecule has 0 spiro atoms. The third-order valence-corrected chi connectivity index (χ3v) is 4.66. The van der Waals surface area contributed by atoms with Crippen molar-refractivity contribution in [2.24, 2.45) is 5.73 Å². The molecule has 1 fully saturated rings. The smallest absolute Gasteiger partial charge is 0.239 e. The lowest BCUT2D eigenvalue weighted by Crippen LogP contribution is -2.47. The average molecular weight is 298 g/mol. The van der Waals surface area contributed by atoms with Gasteiger partial charge in [-0.15, -0.1) is 0 Å². The summed E-state index contributed by atoms with van der Waals surface area (Å²) in [4.78, 5) is 18.7. The minimum Gasteiger partial charge on any atom is -0.343 e. The zero-order valence-corrected chi connectivity index (χ0v) is 14.3. The van der Waals surface area contributed by atoms with Crippen molar-refractivity contribution < 1.29 is 4.79 Å². The maximum absolute atomic E-state index is 12.2. The summed E-state index contributed by atoms with van der Waals surface area (Å²) in [5, 5.41) is 0. The van der Waals surface area contributed by atoms with Gasteiger partial charge in [-0.2, -0.15) is 0 Å². The molecular formula is C16H34N4O. The van der Waals surface area contributed by atoms with Crippen LogP contribution in [0.3, 0.4) is 0 Å². The van der Waals surface area contributed by atoms with E-state index in [1.165, 1.54) is 25.9 Å². The summed E-state index contributed by atoms with van der Waals surface area (Å²) in [6.07, 6.45) is 5.35. The first kappa shape index (κ1) is 18.4. The largest absolute Gasteiger partial charge is 0.343 e. The van der Waals surface area contributed by atoms with Crippen molar-refractivity contribution in [2.45, 2.75) is 51.1 Å².